The molecule has 18 heavy (non-hydrogen) atoms. The van der Waals surface area contributed by atoms with Crippen LogP contribution in [0.5, 0.6) is 0 Å². The summed E-state index contributed by atoms with van der Waals surface area (Å²) >= 11 is 1.87. The van der Waals surface area contributed by atoms with Crippen LogP contribution in [-0.4, -0.2) is 6.54 Å². The van der Waals surface area contributed by atoms with Crippen LogP contribution in [0.25, 0.3) is 0 Å². The van der Waals surface area contributed by atoms with Gasteiger partial charge in [-0.1, -0.05) is 31.6 Å². The van der Waals surface area contributed by atoms with Gasteiger partial charge >= 0.3 is 0 Å². The van der Waals surface area contributed by atoms with Crippen LogP contribution in [0.1, 0.15) is 56.9 Å². The lowest BCUT2D eigenvalue weighted by atomic mass is 9.96. The summed E-state index contributed by atoms with van der Waals surface area (Å²) in [7, 11) is 0. The Balaban J connectivity index is 1.81. The number of hydrogen-bond acceptors (Lipinski definition) is 2. The van der Waals surface area contributed by atoms with E-state index in [-0.39, 0.29) is 0 Å². The molecule has 1 nitrogen and oxygen atoms in total. The Morgan fingerprint density at radius 3 is 2.83 bits per heavy atom. The summed E-state index contributed by atoms with van der Waals surface area (Å²) in [4.78, 5) is 1.47. The molecule has 1 unspecified atom stereocenters. The number of nitrogens with one attached hydrogen (secondary N) is 1. The predicted molar refractivity (Wildman–Crippen MR) is 81.1 cm³/mol. The van der Waals surface area contributed by atoms with Gasteiger partial charge in [0.2, 0.25) is 0 Å². The standard InChI is InChI=1S/C16H25NS/c1-13(2)16(15-9-6-12-18-15)17-11-10-14-7-4-3-5-8-14/h6-7,9,12-13,16-17H,3-5,8,10-11H2,1-2H3. The van der Waals surface area contributed by atoms with Crippen molar-refractivity contribution in [3.63, 3.8) is 0 Å². The Morgan fingerprint density at radius 1 is 1.33 bits per heavy atom. The van der Waals surface area contributed by atoms with Crippen LogP contribution in [-0.2, 0) is 0 Å². The first-order valence-corrected chi connectivity index (χ1v) is 8.10. The van der Waals surface area contributed by atoms with E-state index < -0.39 is 0 Å². The van der Waals surface area contributed by atoms with E-state index in [1.807, 2.05) is 11.3 Å². The minimum Gasteiger partial charge on any atom is -0.309 e. The lowest BCUT2D eigenvalue weighted by molar-refractivity contribution is 0.418. The van der Waals surface area contributed by atoms with Gasteiger partial charge in [0, 0.05) is 10.9 Å². The average molecular weight is 263 g/mol. The van der Waals surface area contributed by atoms with Crippen LogP contribution in [0.3, 0.4) is 0 Å². The highest BCUT2D eigenvalue weighted by Crippen LogP contribution is 2.26. The molecule has 1 aromatic heterocycles. The Labute approximate surface area is 115 Å². The third kappa shape index (κ3) is 3.96. The molecule has 1 atom stereocenters. The van der Waals surface area contributed by atoms with Crippen molar-refractivity contribution in [3.8, 4) is 0 Å². The van der Waals surface area contributed by atoms with Crippen LogP contribution in [0.4, 0.5) is 0 Å². The molecule has 0 aromatic carbocycles. The highest BCUT2D eigenvalue weighted by atomic mass is 32.1. The van der Waals surface area contributed by atoms with E-state index in [0.29, 0.717) is 12.0 Å². The van der Waals surface area contributed by atoms with Gasteiger partial charge in [0.1, 0.15) is 0 Å². The van der Waals surface area contributed by atoms with Gasteiger partial charge in [0.15, 0.2) is 0 Å². The van der Waals surface area contributed by atoms with Gasteiger partial charge in [-0.25, -0.2) is 0 Å². The first kappa shape index (κ1) is 13.8. The SMILES string of the molecule is CC(C)C(NCCC1=CCCCC1)c1cccs1. The van der Waals surface area contributed by atoms with Crippen molar-refractivity contribution in [1.29, 1.82) is 0 Å². The van der Waals surface area contributed by atoms with Gasteiger partial charge in [-0.2, -0.15) is 0 Å². The first-order valence-electron chi connectivity index (χ1n) is 7.22. The molecule has 0 spiro atoms. The molecule has 1 aromatic rings. The normalized spacial score (nSPS) is 17.8. The molecule has 2 heteroatoms. The molecule has 0 saturated heterocycles. The molecular weight excluding hydrogens is 238 g/mol. The van der Waals surface area contributed by atoms with E-state index in [1.165, 1.54) is 37.0 Å². The largest absolute Gasteiger partial charge is 0.309 e. The molecular formula is C16H25NS. The summed E-state index contributed by atoms with van der Waals surface area (Å²) in [6.45, 7) is 5.72. The first-order chi connectivity index (χ1) is 8.77. The zero-order valence-electron chi connectivity index (χ0n) is 11.6. The monoisotopic (exact) mass is 263 g/mol. The van der Waals surface area contributed by atoms with Crippen LogP contribution >= 0.6 is 11.3 Å². The molecule has 2 rings (SSSR count). The molecule has 1 heterocycles. The number of hydrogen-bond donors (Lipinski definition) is 1. The summed E-state index contributed by atoms with van der Waals surface area (Å²) in [5.74, 6) is 0.656. The molecule has 0 saturated carbocycles. The van der Waals surface area contributed by atoms with Gasteiger partial charge in [0.25, 0.3) is 0 Å². The van der Waals surface area contributed by atoms with E-state index in [4.69, 9.17) is 0 Å². The Bertz CT molecular complexity index is 364. The topological polar surface area (TPSA) is 12.0 Å². The number of allylic oxidation sites excluding steroid dienone is 1. The van der Waals surface area contributed by atoms with Gasteiger partial charge in [-0.05, 0) is 56.0 Å². The smallest absolute Gasteiger partial charge is 0.0438 e. The van der Waals surface area contributed by atoms with E-state index in [9.17, 15) is 0 Å². The van der Waals surface area contributed by atoms with E-state index in [2.05, 4.69) is 42.8 Å². The summed E-state index contributed by atoms with van der Waals surface area (Å²) in [5, 5.41) is 5.92. The zero-order valence-corrected chi connectivity index (χ0v) is 12.4. The van der Waals surface area contributed by atoms with Crippen molar-refractivity contribution in [2.24, 2.45) is 5.92 Å². The predicted octanol–water partition coefficient (Wildman–Crippen LogP) is 4.93. The molecule has 0 radical (unpaired) electrons. The lowest BCUT2D eigenvalue weighted by Gasteiger charge is -2.22. The maximum absolute atomic E-state index is 3.74. The summed E-state index contributed by atoms with van der Waals surface area (Å²) < 4.78 is 0. The number of thiophene rings is 1. The van der Waals surface area contributed by atoms with Crippen LogP contribution < -0.4 is 5.32 Å². The fourth-order valence-corrected chi connectivity index (χ4v) is 3.63. The molecule has 1 aliphatic rings. The van der Waals surface area contributed by atoms with Gasteiger partial charge in [-0.3, -0.25) is 0 Å². The van der Waals surface area contributed by atoms with Crippen LogP contribution in [0.2, 0.25) is 0 Å². The minimum absolute atomic E-state index is 0.522. The molecule has 0 amide bonds. The fourth-order valence-electron chi connectivity index (χ4n) is 2.65. The van der Waals surface area contributed by atoms with Gasteiger partial charge in [0.05, 0.1) is 0 Å². The van der Waals surface area contributed by atoms with Crippen molar-refractivity contribution in [2.75, 3.05) is 6.54 Å². The van der Waals surface area contributed by atoms with Crippen LogP contribution in [0.15, 0.2) is 29.2 Å². The molecule has 1 aliphatic carbocycles. The van der Waals surface area contributed by atoms with E-state index in [1.54, 1.807) is 5.57 Å². The van der Waals surface area contributed by atoms with Crippen molar-refractivity contribution in [2.45, 2.75) is 52.0 Å². The minimum atomic E-state index is 0.522. The summed E-state index contributed by atoms with van der Waals surface area (Å²) in [6.07, 6.45) is 9.10. The quantitative estimate of drug-likeness (QED) is 0.718. The summed E-state index contributed by atoms with van der Waals surface area (Å²) in [6, 6.07) is 4.93. The molecule has 0 bridgehead atoms. The molecule has 0 fully saturated rings. The number of rotatable bonds is 6. The van der Waals surface area contributed by atoms with Gasteiger partial charge < -0.3 is 5.32 Å². The molecule has 100 valence electrons. The van der Waals surface area contributed by atoms with Gasteiger partial charge in [-0.15, -0.1) is 11.3 Å². The van der Waals surface area contributed by atoms with E-state index in [0.717, 1.165) is 6.54 Å². The Kier molecular flexibility index (Phi) is 5.45. The molecule has 1 N–H and O–H groups in total. The zero-order chi connectivity index (χ0) is 12.8. The average Bonchev–Trinajstić information content (AvgIpc) is 2.89. The summed E-state index contributed by atoms with van der Waals surface area (Å²) in [5.41, 5.74) is 1.67. The van der Waals surface area contributed by atoms with Crippen molar-refractivity contribution >= 4 is 11.3 Å². The third-order valence-electron chi connectivity index (χ3n) is 3.71. The third-order valence-corrected chi connectivity index (χ3v) is 4.67. The van der Waals surface area contributed by atoms with E-state index >= 15 is 0 Å². The van der Waals surface area contributed by atoms with Crippen molar-refractivity contribution in [1.82, 2.24) is 5.32 Å². The Morgan fingerprint density at radius 2 is 2.22 bits per heavy atom. The maximum Gasteiger partial charge on any atom is 0.0438 e. The molecule has 0 aliphatic heterocycles. The van der Waals surface area contributed by atoms with Crippen molar-refractivity contribution in [3.05, 3.63) is 34.0 Å². The fraction of sp³-hybridized carbons (Fsp3) is 0.625. The second kappa shape index (κ2) is 7.10. The highest BCUT2D eigenvalue weighted by molar-refractivity contribution is 7.10. The Hall–Kier alpha value is -0.600. The lowest BCUT2D eigenvalue weighted by Crippen LogP contribution is -2.26. The highest BCUT2D eigenvalue weighted by Gasteiger charge is 2.16. The maximum atomic E-state index is 3.74. The second-order valence-corrected chi connectivity index (χ2v) is 6.53. The van der Waals surface area contributed by atoms with Crippen LogP contribution in [0, 0.1) is 5.92 Å². The van der Waals surface area contributed by atoms with Crippen molar-refractivity contribution < 1.29 is 0 Å². The second-order valence-electron chi connectivity index (χ2n) is 5.55.